The van der Waals surface area contributed by atoms with Crippen molar-refractivity contribution in [3.05, 3.63) is 35.4 Å². The van der Waals surface area contributed by atoms with Gasteiger partial charge in [-0.05, 0) is 48.6 Å². The molecule has 1 saturated carbocycles. The highest BCUT2D eigenvalue weighted by Gasteiger charge is 2.40. The molecule has 20 heavy (non-hydrogen) atoms. The first kappa shape index (κ1) is 14.1. The fourth-order valence-corrected chi connectivity index (χ4v) is 4.05. The zero-order chi connectivity index (χ0) is 14.2. The van der Waals surface area contributed by atoms with Crippen LogP contribution in [0, 0.1) is 11.8 Å². The van der Waals surface area contributed by atoms with Gasteiger partial charge >= 0.3 is 0 Å². The third-order valence-corrected chi connectivity index (χ3v) is 5.46. The van der Waals surface area contributed by atoms with Gasteiger partial charge in [-0.3, -0.25) is 0 Å². The van der Waals surface area contributed by atoms with Crippen LogP contribution >= 0.6 is 0 Å². The molecule has 2 heteroatoms. The van der Waals surface area contributed by atoms with Crippen molar-refractivity contribution >= 4 is 0 Å². The van der Waals surface area contributed by atoms with E-state index in [1.54, 1.807) is 0 Å². The molecule has 1 aliphatic carbocycles. The molecule has 0 bridgehead atoms. The summed E-state index contributed by atoms with van der Waals surface area (Å²) in [5, 5.41) is 0. The maximum Gasteiger partial charge on any atom is 0.0845 e. The Labute approximate surface area is 122 Å². The van der Waals surface area contributed by atoms with Crippen LogP contribution in [-0.2, 0) is 11.2 Å². The molecule has 3 rings (SSSR count). The molecule has 0 aromatic heterocycles. The van der Waals surface area contributed by atoms with Crippen molar-refractivity contribution in [1.82, 2.24) is 0 Å². The van der Waals surface area contributed by atoms with E-state index in [-0.39, 0.29) is 11.6 Å². The van der Waals surface area contributed by atoms with E-state index in [2.05, 4.69) is 38.1 Å². The highest BCUT2D eigenvalue weighted by Crippen LogP contribution is 2.42. The van der Waals surface area contributed by atoms with Crippen molar-refractivity contribution < 1.29 is 4.74 Å². The predicted molar refractivity (Wildman–Crippen MR) is 82.6 cm³/mol. The lowest BCUT2D eigenvalue weighted by Gasteiger charge is -2.45. The molecule has 1 fully saturated rings. The predicted octanol–water partition coefficient (Wildman–Crippen LogP) is 3.84. The fraction of sp³-hybridized carbons (Fsp3) is 0.667. The summed E-state index contributed by atoms with van der Waals surface area (Å²) in [5.74, 6) is 1.34. The van der Waals surface area contributed by atoms with E-state index < -0.39 is 0 Å². The summed E-state index contributed by atoms with van der Waals surface area (Å²) in [6.07, 6.45) is 5.91. The van der Waals surface area contributed by atoms with Crippen LogP contribution in [0.4, 0.5) is 0 Å². The molecule has 1 heterocycles. The molecule has 1 aromatic rings. The van der Waals surface area contributed by atoms with Gasteiger partial charge in [-0.2, -0.15) is 0 Å². The van der Waals surface area contributed by atoms with Crippen LogP contribution in [-0.4, -0.2) is 12.1 Å². The van der Waals surface area contributed by atoms with Crippen LogP contribution in [0.15, 0.2) is 24.3 Å². The number of fused-ring (bicyclic) bond motifs is 1. The molecule has 1 aliphatic heterocycles. The summed E-state index contributed by atoms with van der Waals surface area (Å²) in [5.41, 5.74) is 9.56. The topological polar surface area (TPSA) is 35.2 Å². The van der Waals surface area contributed by atoms with Gasteiger partial charge < -0.3 is 10.5 Å². The van der Waals surface area contributed by atoms with E-state index in [9.17, 15) is 0 Å². The highest BCUT2D eigenvalue weighted by molar-refractivity contribution is 5.31. The lowest BCUT2D eigenvalue weighted by Crippen LogP contribution is -2.51. The zero-order valence-corrected chi connectivity index (χ0v) is 12.8. The summed E-state index contributed by atoms with van der Waals surface area (Å²) in [6, 6.07) is 8.71. The number of hydrogen-bond donors (Lipinski definition) is 1. The summed E-state index contributed by atoms with van der Waals surface area (Å²) in [6.45, 7) is 5.49. The normalized spacial score (nSPS) is 37.5. The van der Waals surface area contributed by atoms with E-state index in [0.29, 0.717) is 5.92 Å². The number of ether oxygens (including phenoxy) is 1. The van der Waals surface area contributed by atoms with Crippen LogP contribution in [0.3, 0.4) is 0 Å². The van der Waals surface area contributed by atoms with Gasteiger partial charge in [-0.1, -0.05) is 44.5 Å². The van der Waals surface area contributed by atoms with E-state index >= 15 is 0 Å². The van der Waals surface area contributed by atoms with Crippen molar-refractivity contribution in [3.63, 3.8) is 0 Å². The zero-order valence-electron chi connectivity index (χ0n) is 12.8. The molecule has 0 saturated heterocycles. The van der Waals surface area contributed by atoms with Gasteiger partial charge in [0.2, 0.25) is 0 Å². The first-order valence-corrected chi connectivity index (χ1v) is 8.07. The molecule has 4 atom stereocenters. The minimum absolute atomic E-state index is 0.0627. The Morgan fingerprint density at radius 3 is 2.90 bits per heavy atom. The first-order chi connectivity index (χ1) is 9.58. The SMILES string of the molecule is CC1CCC(C)C(N)(CC2OCCc3ccccc32)C1. The van der Waals surface area contributed by atoms with Crippen molar-refractivity contribution in [2.75, 3.05) is 6.61 Å². The quantitative estimate of drug-likeness (QED) is 0.888. The van der Waals surface area contributed by atoms with Crippen LogP contribution < -0.4 is 5.73 Å². The molecule has 0 amide bonds. The minimum atomic E-state index is -0.0627. The molecule has 0 spiro atoms. The Morgan fingerprint density at radius 1 is 1.25 bits per heavy atom. The highest BCUT2D eigenvalue weighted by atomic mass is 16.5. The van der Waals surface area contributed by atoms with Crippen molar-refractivity contribution in [1.29, 1.82) is 0 Å². The lowest BCUT2D eigenvalue weighted by molar-refractivity contribution is 0.00133. The molecular formula is C18H27NO. The summed E-state index contributed by atoms with van der Waals surface area (Å²) < 4.78 is 6.08. The number of rotatable bonds is 2. The van der Waals surface area contributed by atoms with Gasteiger partial charge in [0.25, 0.3) is 0 Å². The molecule has 2 N–H and O–H groups in total. The molecular weight excluding hydrogens is 246 g/mol. The molecule has 4 unspecified atom stereocenters. The molecule has 0 radical (unpaired) electrons. The average Bonchev–Trinajstić information content (AvgIpc) is 2.44. The Morgan fingerprint density at radius 2 is 2.05 bits per heavy atom. The van der Waals surface area contributed by atoms with Gasteiger partial charge in [-0.25, -0.2) is 0 Å². The van der Waals surface area contributed by atoms with Crippen LogP contribution in [0.1, 0.15) is 56.8 Å². The van der Waals surface area contributed by atoms with E-state index in [4.69, 9.17) is 10.5 Å². The van der Waals surface area contributed by atoms with Gasteiger partial charge in [-0.15, -0.1) is 0 Å². The van der Waals surface area contributed by atoms with Gasteiger partial charge in [0.15, 0.2) is 0 Å². The Hall–Kier alpha value is -0.860. The number of benzene rings is 1. The smallest absolute Gasteiger partial charge is 0.0845 e. The Balaban J connectivity index is 1.81. The third-order valence-electron chi connectivity index (χ3n) is 5.46. The molecule has 110 valence electrons. The molecule has 2 aliphatic rings. The maximum atomic E-state index is 6.80. The van der Waals surface area contributed by atoms with E-state index in [1.165, 1.54) is 24.0 Å². The second-order valence-electron chi connectivity index (χ2n) is 7.03. The number of hydrogen-bond acceptors (Lipinski definition) is 2. The first-order valence-electron chi connectivity index (χ1n) is 8.07. The van der Waals surface area contributed by atoms with E-state index in [1.807, 2.05) is 0 Å². The summed E-state index contributed by atoms with van der Waals surface area (Å²) >= 11 is 0. The fourth-order valence-electron chi connectivity index (χ4n) is 4.05. The van der Waals surface area contributed by atoms with Gasteiger partial charge in [0, 0.05) is 5.54 Å². The Kier molecular flexibility index (Phi) is 3.87. The molecule has 1 aromatic carbocycles. The lowest BCUT2D eigenvalue weighted by atomic mass is 9.67. The Bertz CT molecular complexity index is 472. The average molecular weight is 273 g/mol. The van der Waals surface area contributed by atoms with Crippen LogP contribution in [0.25, 0.3) is 0 Å². The summed E-state index contributed by atoms with van der Waals surface area (Å²) in [7, 11) is 0. The maximum absolute atomic E-state index is 6.80. The standard InChI is InChI=1S/C18H27NO/c1-13-7-8-14(2)18(19,11-13)12-17-16-6-4-3-5-15(16)9-10-20-17/h3-6,13-14,17H,7-12,19H2,1-2H3. The summed E-state index contributed by atoms with van der Waals surface area (Å²) in [4.78, 5) is 0. The largest absolute Gasteiger partial charge is 0.373 e. The van der Waals surface area contributed by atoms with Crippen molar-refractivity contribution in [2.45, 2.75) is 57.6 Å². The van der Waals surface area contributed by atoms with Crippen LogP contribution in [0.2, 0.25) is 0 Å². The second kappa shape index (κ2) is 5.50. The molecule has 2 nitrogen and oxygen atoms in total. The van der Waals surface area contributed by atoms with E-state index in [0.717, 1.165) is 31.8 Å². The minimum Gasteiger partial charge on any atom is -0.373 e. The van der Waals surface area contributed by atoms with Crippen molar-refractivity contribution in [2.24, 2.45) is 17.6 Å². The third kappa shape index (κ3) is 2.64. The van der Waals surface area contributed by atoms with Gasteiger partial charge in [0.05, 0.1) is 12.7 Å². The van der Waals surface area contributed by atoms with Crippen molar-refractivity contribution in [3.8, 4) is 0 Å². The van der Waals surface area contributed by atoms with Crippen LogP contribution in [0.5, 0.6) is 0 Å². The second-order valence-corrected chi connectivity index (χ2v) is 7.03. The monoisotopic (exact) mass is 273 g/mol. The number of nitrogens with two attached hydrogens (primary N) is 1. The van der Waals surface area contributed by atoms with Gasteiger partial charge in [0.1, 0.15) is 0 Å².